The summed E-state index contributed by atoms with van der Waals surface area (Å²) in [6.07, 6.45) is -0.144. The zero-order valence-electron chi connectivity index (χ0n) is 13.6. The standard InChI is InChI=1S/C17H24N2O4/c1-17(2,19-8-10-23-11-9-19)16(22)18-14(12-15(20)21)13-6-4-3-5-7-13/h3-7,14H,8-12H2,1-2H3,(H,18,22)(H,20,21)/t14-/m1/s1. The Morgan fingerprint density at radius 3 is 2.43 bits per heavy atom. The summed E-state index contributed by atoms with van der Waals surface area (Å²) < 4.78 is 5.33. The molecule has 1 amide bonds. The zero-order chi connectivity index (χ0) is 16.9. The van der Waals surface area contributed by atoms with Crippen molar-refractivity contribution in [2.45, 2.75) is 31.8 Å². The number of carbonyl (C=O) groups excluding carboxylic acids is 1. The summed E-state index contributed by atoms with van der Waals surface area (Å²) in [5.41, 5.74) is 0.0796. The van der Waals surface area contributed by atoms with E-state index in [9.17, 15) is 9.59 Å². The minimum absolute atomic E-state index is 0.144. The third kappa shape index (κ3) is 4.53. The minimum Gasteiger partial charge on any atom is -0.481 e. The van der Waals surface area contributed by atoms with E-state index in [1.54, 1.807) is 0 Å². The lowest BCUT2D eigenvalue weighted by Crippen LogP contribution is -2.58. The molecule has 1 aliphatic heterocycles. The lowest BCUT2D eigenvalue weighted by Gasteiger charge is -2.40. The molecule has 1 atom stereocenters. The van der Waals surface area contributed by atoms with Crippen LogP contribution in [-0.4, -0.2) is 53.7 Å². The topological polar surface area (TPSA) is 78.9 Å². The summed E-state index contributed by atoms with van der Waals surface area (Å²) in [5.74, 6) is -1.11. The second kappa shape index (κ2) is 7.57. The van der Waals surface area contributed by atoms with Crippen molar-refractivity contribution in [3.05, 3.63) is 35.9 Å². The fraction of sp³-hybridized carbons (Fsp3) is 0.529. The Kier molecular flexibility index (Phi) is 5.74. The van der Waals surface area contributed by atoms with Gasteiger partial charge in [-0.2, -0.15) is 0 Å². The first-order chi connectivity index (χ1) is 10.9. The van der Waals surface area contributed by atoms with E-state index in [1.807, 2.05) is 44.2 Å². The van der Waals surface area contributed by atoms with E-state index in [1.165, 1.54) is 0 Å². The molecular formula is C17H24N2O4. The predicted octanol–water partition coefficient (Wildman–Crippen LogP) is 1.43. The van der Waals surface area contributed by atoms with Crippen LogP contribution in [0.2, 0.25) is 0 Å². The van der Waals surface area contributed by atoms with E-state index in [4.69, 9.17) is 9.84 Å². The highest BCUT2D eigenvalue weighted by molar-refractivity contribution is 5.86. The van der Waals surface area contributed by atoms with Crippen molar-refractivity contribution in [1.29, 1.82) is 0 Å². The van der Waals surface area contributed by atoms with Gasteiger partial charge in [0.15, 0.2) is 0 Å². The van der Waals surface area contributed by atoms with Gasteiger partial charge in [0, 0.05) is 13.1 Å². The van der Waals surface area contributed by atoms with Crippen LogP contribution in [0.1, 0.15) is 31.9 Å². The smallest absolute Gasteiger partial charge is 0.305 e. The zero-order valence-corrected chi connectivity index (χ0v) is 13.6. The van der Waals surface area contributed by atoms with Gasteiger partial charge in [-0.3, -0.25) is 14.5 Å². The Labute approximate surface area is 136 Å². The lowest BCUT2D eigenvalue weighted by atomic mass is 9.98. The van der Waals surface area contributed by atoms with E-state index in [0.717, 1.165) is 5.56 Å². The second-order valence-electron chi connectivity index (χ2n) is 6.19. The number of aliphatic carboxylic acids is 1. The molecule has 1 aromatic rings. The molecule has 0 saturated carbocycles. The Balaban J connectivity index is 2.11. The summed E-state index contributed by atoms with van der Waals surface area (Å²) in [5, 5.41) is 12.0. The molecule has 126 valence electrons. The van der Waals surface area contributed by atoms with E-state index < -0.39 is 17.6 Å². The highest BCUT2D eigenvalue weighted by Crippen LogP contribution is 2.21. The van der Waals surface area contributed by atoms with Crippen LogP contribution in [0.15, 0.2) is 30.3 Å². The van der Waals surface area contributed by atoms with E-state index in [-0.39, 0.29) is 12.3 Å². The number of nitrogens with one attached hydrogen (secondary N) is 1. The molecule has 6 heteroatoms. The largest absolute Gasteiger partial charge is 0.481 e. The van der Waals surface area contributed by atoms with Crippen molar-refractivity contribution in [3.8, 4) is 0 Å². The maximum Gasteiger partial charge on any atom is 0.305 e. The van der Waals surface area contributed by atoms with Gasteiger partial charge < -0.3 is 15.2 Å². The molecule has 1 fully saturated rings. The van der Waals surface area contributed by atoms with E-state index in [0.29, 0.717) is 26.3 Å². The Morgan fingerprint density at radius 1 is 1.26 bits per heavy atom. The molecule has 6 nitrogen and oxygen atoms in total. The summed E-state index contributed by atoms with van der Waals surface area (Å²) in [7, 11) is 0. The van der Waals surface area contributed by atoms with Crippen molar-refractivity contribution in [1.82, 2.24) is 10.2 Å². The lowest BCUT2D eigenvalue weighted by molar-refractivity contribution is -0.139. The number of morpholine rings is 1. The molecule has 2 N–H and O–H groups in total. The van der Waals surface area contributed by atoms with Crippen LogP contribution in [0.4, 0.5) is 0 Å². The molecule has 0 unspecified atom stereocenters. The summed E-state index contributed by atoms with van der Waals surface area (Å²) in [6, 6.07) is 8.65. The minimum atomic E-state index is -0.941. The van der Waals surface area contributed by atoms with Crippen molar-refractivity contribution < 1.29 is 19.4 Å². The third-order valence-electron chi connectivity index (χ3n) is 4.24. The van der Waals surface area contributed by atoms with Gasteiger partial charge >= 0.3 is 5.97 Å². The van der Waals surface area contributed by atoms with Gasteiger partial charge in [0.1, 0.15) is 0 Å². The number of nitrogens with zero attached hydrogens (tertiary/aromatic N) is 1. The molecule has 1 aromatic carbocycles. The van der Waals surface area contributed by atoms with Crippen molar-refractivity contribution in [3.63, 3.8) is 0 Å². The first kappa shape index (κ1) is 17.4. The van der Waals surface area contributed by atoms with E-state index >= 15 is 0 Å². The Morgan fingerprint density at radius 2 is 1.87 bits per heavy atom. The van der Waals surface area contributed by atoms with Gasteiger partial charge in [-0.1, -0.05) is 30.3 Å². The number of benzene rings is 1. The predicted molar refractivity (Wildman–Crippen MR) is 86.0 cm³/mol. The summed E-state index contributed by atoms with van der Waals surface area (Å²) in [6.45, 7) is 6.31. The van der Waals surface area contributed by atoms with Crippen LogP contribution in [0, 0.1) is 0 Å². The molecule has 0 bridgehead atoms. The first-order valence-electron chi connectivity index (χ1n) is 7.82. The van der Waals surface area contributed by atoms with Crippen molar-refractivity contribution in [2.75, 3.05) is 26.3 Å². The SMILES string of the molecule is CC(C)(C(=O)N[C@H](CC(=O)O)c1ccccc1)N1CCOCC1. The number of amides is 1. The molecule has 0 spiro atoms. The van der Waals surface area contributed by atoms with Gasteiger partial charge in [0.05, 0.1) is 31.2 Å². The normalized spacial score (nSPS) is 17.5. The second-order valence-corrected chi connectivity index (χ2v) is 6.19. The number of carbonyl (C=O) groups is 2. The first-order valence-corrected chi connectivity index (χ1v) is 7.82. The van der Waals surface area contributed by atoms with Crippen LogP contribution in [0.5, 0.6) is 0 Å². The number of ether oxygens (including phenoxy) is 1. The van der Waals surface area contributed by atoms with Crippen molar-refractivity contribution in [2.24, 2.45) is 0 Å². The van der Waals surface area contributed by atoms with Gasteiger partial charge in [0.25, 0.3) is 0 Å². The molecular weight excluding hydrogens is 296 g/mol. The van der Waals surface area contributed by atoms with Gasteiger partial charge in [-0.15, -0.1) is 0 Å². The molecule has 1 aliphatic rings. The van der Waals surface area contributed by atoms with Crippen LogP contribution >= 0.6 is 0 Å². The molecule has 0 aromatic heterocycles. The van der Waals surface area contributed by atoms with E-state index in [2.05, 4.69) is 10.2 Å². The molecule has 1 heterocycles. The average Bonchev–Trinajstić information content (AvgIpc) is 2.55. The summed E-state index contributed by atoms with van der Waals surface area (Å²) in [4.78, 5) is 25.9. The van der Waals surface area contributed by atoms with Gasteiger partial charge in [-0.25, -0.2) is 0 Å². The number of hydrogen-bond donors (Lipinski definition) is 2. The number of carboxylic acids is 1. The Hall–Kier alpha value is -1.92. The van der Waals surface area contributed by atoms with Crippen molar-refractivity contribution >= 4 is 11.9 Å². The number of hydrogen-bond acceptors (Lipinski definition) is 4. The van der Waals surface area contributed by atoms with Crippen LogP contribution < -0.4 is 5.32 Å². The van der Waals surface area contributed by atoms with Crippen LogP contribution in [-0.2, 0) is 14.3 Å². The molecule has 0 aliphatic carbocycles. The number of rotatable bonds is 6. The maximum atomic E-state index is 12.7. The van der Waals surface area contributed by atoms with Gasteiger partial charge in [-0.05, 0) is 19.4 Å². The van der Waals surface area contributed by atoms with Crippen LogP contribution in [0.25, 0.3) is 0 Å². The quantitative estimate of drug-likeness (QED) is 0.829. The van der Waals surface area contributed by atoms with Gasteiger partial charge in [0.2, 0.25) is 5.91 Å². The molecule has 23 heavy (non-hydrogen) atoms. The highest BCUT2D eigenvalue weighted by atomic mass is 16.5. The Bertz CT molecular complexity index is 539. The fourth-order valence-corrected chi connectivity index (χ4v) is 2.71. The maximum absolute atomic E-state index is 12.7. The fourth-order valence-electron chi connectivity index (χ4n) is 2.71. The molecule has 1 saturated heterocycles. The monoisotopic (exact) mass is 320 g/mol. The van der Waals surface area contributed by atoms with Crippen LogP contribution in [0.3, 0.4) is 0 Å². The molecule has 2 rings (SSSR count). The average molecular weight is 320 g/mol. The number of carboxylic acid groups (broad SMARTS) is 1. The molecule has 0 radical (unpaired) electrons. The summed E-state index contributed by atoms with van der Waals surface area (Å²) >= 11 is 0. The third-order valence-corrected chi connectivity index (χ3v) is 4.24. The highest BCUT2D eigenvalue weighted by Gasteiger charge is 2.36.